The van der Waals surface area contributed by atoms with Gasteiger partial charge in [-0.15, -0.1) is 0 Å². The second-order valence-corrected chi connectivity index (χ2v) is 1.56. The van der Waals surface area contributed by atoms with Crippen LogP contribution < -0.4 is 0 Å². The fourth-order valence-corrected chi connectivity index (χ4v) is 0.401. The number of hydrogen-bond donors (Lipinski definition) is 1. The van der Waals surface area contributed by atoms with Crippen molar-refractivity contribution >= 4 is 21.7 Å². The number of aliphatic hydroxyl groups excluding tert-OH is 1. The van der Waals surface area contributed by atoms with Gasteiger partial charge < -0.3 is 5.11 Å². The molecule has 2 nitrogen and oxygen atoms in total. The van der Waals surface area contributed by atoms with Gasteiger partial charge in [0.05, 0.1) is 5.33 Å². The van der Waals surface area contributed by atoms with Gasteiger partial charge in [-0.2, -0.15) is 0 Å². The first-order valence-corrected chi connectivity index (χ1v) is 2.77. The maximum Gasteiger partial charge on any atom is 0.206 e. The molecular formula is C4H5BrO2. The second-order valence-electron chi connectivity index (χ2n) is 1.00. The van der Waals surface area contributed by atoms with E-state index < -0.39 is 5.76 Å². The molecule has 0 amide bonds. The Morgan fingerprint density at radius 3 is 2.29 bits per heavy atom. The van der Waals surface area contributed by atoms with Crippen molar-refractivity contribution in [3.63, 3.8) is 0 Å². The largest absolute Gasteiger partial charge is 0.505 e. The molecule has 0 aliphatic rings. The first-order valence-electron chi connectivity index (χ1n) is 1.65. The first kappa shape index (κ1) is 6.69. The van der Waals surface area contributed by atoms with Gasteiger partial charge in [0.15, 0.2) is 5.76 Å². The van der Waals surface area contributed by atoms with Crippen molar-refractivity contribution in [2.75, 3.05) is 5.33 Å². The van der Waals surface area contributed by atoms with Crippen molar-refractivity contribution in [2.45, 2.75) is 0 Å². The van der Waals surface area contributed by atoms with Gasteiger partial charge in [-0.1, -0.05) is 22.5 Å². The van der Waals surface area contributed by atoms with Crippen LogP contribution in [-0.2, 0) is 4.79 Å². The highest BCUT2D eigenvalue weighted by molar-refractivity contribution is 9.09. The standard InChI is InChI=1S/C4H5BrO2/c1-3(6)4(7)2-5/h6H,1-2H2. The molecule has 0 bridgehead atoms. The van der Waals surface area contributed by atoms with Crippen LogP contribution in [0.25, 0.3) is 0 Å². The van der Waals surface area contributed by atoms with Crippen LogP contribution in [-0.4, -0.2) is 16.2 Å². The molecule has 0 saturated carbocycles. The zero-order chi connectivity index (χ0) is 5.86. The zero-order valence-corrected chi connectivity index (χ0v) is 5.23. The number of Topliss-reactive ketones (excluding diaryl/α,β-unsaturated/α-hetero) is 1. The number of aliphatic hydroxyl groups is 1. The van der Waals surface area contributed by atoms with Crippen molar-refractivity contribution in [1.29, 1.82) is 0 Å². The maximum absolute atomic E-state index is 10.1. The van der Waals surface area contributed by atoms with Gasteiger partial charge in [0.25, 0.3) is 0 Å². The van der Waals surface area contributed by atoms with Gasteiger partial charge in [0, 0.05) is 0 Å². The zero-order valence-electron chi connectivity index (χ0n) is 3.65. The third kappa shape index (κ3) is 2.39. The van der Waals surface area contributed by atoms with E-state index in [0.29, 0.717) is 0 Å². The minimum atomic E-state index is -0.392. The van der Waals surface area contributed by atoms with Gasteiger partial charge >= 0.3 is 0 Å². The molecule has 0 aromatic heterocycles. The Morgan fingerprint density at radius 2 is 2.29 bits per heavy atom. The third-order valence-electron chi connectivity index (χ3n) is 0.443. The number of carbonyl (C=O) groups excluding carboxylic acids is 1. The molecule has 0 rings (SSSR count). The molecule has 3 heteroatoms. The summed E-state index contributed by atoms with van der Waals surface area (Å²) in [7, 11) is 0. The summed E-state index contributed by atoms with van der Waals surface area (Å²) in [5.74, 6) is -0.767. The first-order chi connectivity index (χ1) is 3.18. The van der Waals surface area contributed by atoms with Crippen LogP contribution in [0.3, 0.4) is 0 Å². The number of ketones is 1. The van der Waals surface area contributed by atoms with Crippen molar-refractivity contribution in [1.82, 2.24) is 0 Å². The predicted molar refractivity (Wildman–Crippen MR) is 30.6 cm³/mol. The van der Waals surface area contributed by atoms with Crippen molar-refractivity contribution in [3.05, 3.63) is 12.3 Å². The highest BCUT2D eigenvalue weighted by Crippen LogP contribution is 1.89. The van der Waals surface area contributed by atoms with Crippen molar-refractivity contribution in [3.8, 4) is 0 Å². The molecule has 0 heterocycles. The van der Waals surface area contributed by atoms with Crippen LogP contribution in [0.1, 0.15) is 0 Å². The number of halogens is 1. The SMILES string of the molecule is C=C(O)C(=O)CBr. The van der Waals surface area contributed by atoms with E-state index in [0.717, 1.165) is 0 Å². The molecule has 0 aliphatic heterocycles. The van der Waals surface area contributed by atoms with E-state index in [-0.39, 0.29) is 11.1 Å². The molecule has 0 radical (unpaired) electrons. The van der Waals surface area contributed by atoms with E-state index in [2.05, 4.69) is 22.5 Å². The number of alkyl halides is 1. The van der Waals surface area contributed by atoms with Crippen LogP contribution >= 0.6 is 15.9 Å². The third-order valence-corrected chi connectivity index (χ3v) is 0.953. The summed E-state index contributed by atoms with van der Waals surface area (Å²) in [6.45, 7) is 3.00. The number of allylic oxidation sites excluding steroid dienone is 1. The van der Waals surface area contributed by atoms with Gasteiger partial charge in [-0.3, -0.25) is 4.79 Å². The summed E-state index contributed by atoms with van der Waals surface area (Å²) in [4.78, 5) is 10.1. The van der Waals surface area contributed by atoms with Gasteiger partial charge in [-0.05, 0) is 0 Å². The summed E-state index contributed by atoms with van der Waals surface area (Å²) in [5.41, 5.74) is 0. The molecule has 7 heavy (non-hydrogen) atoms. The average Bonchev–Trinajstić information content (AvgIpc) is 1.65. The highest BCUT2D eigenvalue weighted by Gasteiger charge is 1.98. The highest BCUT2D eigenvalue weighted by atomic mass is 79.9. The number of carbonyl (C=O) groups is 1. The molecule has 0 unspecified atom stereocenters. The normalized spacial score (nSPS) is 8.14. The molecule has 0 fully saturated rings. The van der Waals surface area contributed by atoms with Crippen LogP contribution in [0.5, 0.6) is 0 Å². The fourth-order valence-electron chi connectivity index (χ4n) is 0.0771. The Kier molecular flexibility index (Phi) is 2.67. The van der Waals surface area contributed by atoms with E-state index >= 15 is 0 Å². The van der Waals surface area contributed by atoms with Gasteiger partial charge in [0.2, 0.25) is 5.78 Å². The Hall–Kier alpha value is -0.310. The van der Waals surface area contributed by atoms with Crippen molar-refractivity contribution < 1.29 is 9.90 Å². The minimum absolute atomic E-state index is 0.141. The molecule has 0 saturated heterocycles. The minimum Gasteiger partial charge on any atom is -0.505 e. The van der Waals surface area contributed by atoms with Crippen LogP contribution in [0.15, 0.2) is 12.3 Å². The van der Waals surface area contributed by atoms with E-state index in [1.165, 1.54) is 0 Å². The smallest absolute Gasteiger partial charge is 0.206 e. The molecule has 0 atom stereocenters. The summed E-state index contributed by atoms with van der Waals surface area (Å²) < 4.78 is 0. The summed E-state index contributed by atoms with van der Waals surface area (Å²) in [6.07, 6.45) is 0. The Morgan fingerprint density at radius 1 is 1.86 bits per heavy atom. The van der Waals surface area contributed by atoms with E-state index in [9.17, 15) is 4.79 Å². The topological polar surface area (TPSA) is 37.3 Å². The molecule has 0 spiro atoms. The lowest BCUT2D eigenvalue weighted by Crippen LogP contribution is -1.99. The Labute approximate surface area is 50.0 Å². The lowest BCUT2D eigenvalue weighted by atomic mass is 10.4. The molecule has 0 aromatic carbocycles. The summed E-state index contributed by atoms with van der Waals surface area (Å²) in [6, 6.07) is 0. The lowest BCUT2D eigenvalue weighted by molar-refractivity contribution is -0.115. The number of rotatable bonds is 2. The maximum atomic E-state index is 10.1. The molecule has 0 aliphatic carbocycles. The Bertz CT molecular complexity index is 97.9. The summed E-state index contributed by atoms with van der Waals surface area (Å²) in [5, 5.41) is 8.39. The molecule has 40 valence electrons. The number of hydrogen-bond acceptors (Lipinski definition) is 2. The monoisotopic (exact) mass is 164 g/mol. The predicted octanol–water partition coefficient (Wildman–Crippen LogP) is 1.02. The average molecular weight is 165 g/mol. The quantitative estimate of drug-likeness (QED) is 0.376. The fraction of sp³-hybridized carbons (Fsp3) is 0.250. The lowest BCUT2D eigenvalue weighted by Gasteiger charge is -1.86. The molecule has 1 N–H and O–H groups in total. The van der Waals surface area contributed by atoms with E-state index in [1.54, 1.807) is 0 Å². The van der Waals surface area contributed by atoms with Crippen LogP contribution in [0.4, 0.5) is 0 Å². The van der Waals surface area contributed by atoms with Gasteiger partial charge in [0.1, 0.15) is 0 Å². The van der Waals surface area contributed by atoms with Crippen LogP contribution in [0.2, 0.25) is 0 Å². The van der Waals surface area contributed by atoms with E-state index in [1.807, 2.05) is 0 Å². The molecule has 0 aromatic rings. The van der Waals surface area contributed by atoms with Crippen LogP contribution in [0, 0.1) is 0 Å². The van der Waals surface area contributed by atoms with E-state index in [4.69, 9.17) is 5.11 Å². The summed E-state index contributed by atoms with van der Waals surface area (Å²) >= 11 is 2.84. The molecular weight excluding hydrogens is 160 g/mol. The van der Waals surface area contributed by atoms with Gasteiger partial charge in [-0.25, -0.2) is 0 Å². The second kappa shape index (κ2) is 2.80. The van der Waals surface area contributed by atoms with Crippen molar-refractivity contribution in [2.24, 2.45) is 0 Å². The Balaban J connectivity index is 3.58.